The number of likely N-dealkylation sites (tertiary alicyclic amines) is 1. The van der Waals surface area contributed by atoms with Gasteiger partial charge in [0.15, 0.2) is 0 Å². The standard InChI is InChI=1S/C15H19F2N3O3/c1-2-23-15(22)20-8-6-10(7-9-20)18-14(21)19-13-11(16)4-3-5-12(13)17/h3-5,10H,2,6-9H2,1H3,(H2,18,19,21). The Morgan fingerprint density at radius 3 is 2.43 bits per heavy atom. The molecule has 0 radical (unpaired) electrons. The molecule has 1 aliphatic rings. The number of urea groups is 1. The number of carbonyl (C=O) groups is 2. The zero-order valence-electron chi connectivity index (χ0n) is 12.8. The van der Waals surface area contributed by atoms with Gasteiger partial charge in [-0.3, -0.25) is 0 Å². The molecule has 0 saturated carbocycles. The van der Waals surface area contributed by atoms with Crippen molar-refractivity contribution in [2.75, 3.05) is 25.0 Å². The van der Waals surface area contributed by atoms with Gasteiger partial charge in [0, 0.05) is 19.1 Å². The number of carbonyl (C=O) groups excluding carboxylic acids is 2. The Kier molecular flexibility index (Phi) is 5.72. The van der Waals surface area contributed by atoms with Gasteiger partial charge in [-0.05, 0) is 31.9 Å². The van der Waals surface area contributed by atoms with E-state index in [0.29, 0.717) is 32.5 Å². The number of ether oxygens (including phenoxy) is 1. The van der Waals surface area contributed by atoms with Crippen LogP contribution in [0.4, 0.5) is 24.1 Å². The van der Waals surface area contributed by atoms with Crippen LogP contribution >= 0.6 is 0 Å². The van der Waals surface area contributed by atoms with Crippen LogP contribution in [-0.2, 0) is 4.74 Å². The van der Waals surface area contributed by atoms with Gasteiger partial charge in [-0.25, -0.2) is 18.4 Å². The maximum atomic E-state index is 13.5. The van der Waals surface area contributed by atoms with E-state index in [9.17, 15) is 18.4 Å². The first kappa shape index (κ1) is 17.0. The molecule has 1 heterocycles. The number of hydrogen-bond acceptors (Lipinski definition) is 3. The average Bonchev–Trinajstić information content (AvgIpc) is 2.52. The van der Waals surface area contributed by atoms with E-state index >= 15 is 0 Å². The van der Waals surface area contributed by atoms with Gasteiger partial charge in [0.25, 0.3) is 0 Å². The first-order valence-electron chi connectivity index (χ1n) is 7.44. The van der Waals surface area contributed by atoms with Crippen LogP contribution in [0.1, 0.15) is 19.8 Å². The maximum Gasteiger partial charge on any atom is 0.409 e. The van der Waals surface area contributed by atoms with Crippen LogP contribution in [-0.4, -0.2) is 42.8 Å². The minimum absolute atomic E-state index is 0.171. The average molecular weight is 327 g/mol. The van der Waals surface area contributed by atoms with Crippen LogP contribution in [0, 0.1) is 11.6 Å². The summed E-state index contributed by atoms with van der Waals surface area (Å²) in [5, 5.41) is 4.83. The molecule has 1 aliphatic heterocycles. The highest BCUT2D eigenvalue weighted by atomic mass is 19.1. The Balaban J connectivity index is 1.82. The van der Waals surface area contributed by atoms with Crippen molar-refractivity contribution in [3.05, 3.63) is 29.8 Å². The molecule has 2 N–H and O–H groups in total. The normalized spacial score (nSPS) is 15.2. The number of nitrogens with zero attached hydrogens (tertiary/aromatic N) is 1. The third-order valence-corrected chi connectivity index (χ3v) is 3.56. The van der Waals surface area contributed by atoms with Crippen LogP contribution < -0.4 is 10.6 Å². The van der Waals surface area contributed by atoms with Crippen LogP contribution in [0.3, 0.4) is 0 Å². The second-order valence-corrected chi connectivity index (χ2v) is 5.16. The lowest BCUT2D eigenvalue weighted by molar-refractivity contribution is 0.0959. The number of hydrogen-bond donors (Lipinski definition) is 2. The van der Waals surface area contributed by atoms with E-state index in [1.807, 2.05) is 0 Å². The Morgan fingerprint density at radius 1 is 1.26 bits per heavy atom. The third-order valence-electron chi connectivity index (χ3n) is 3.56. The van der Waals surface area contributed by atoms with Crippen molar-refractivity contribution < 1.29 is 23.1 Å². The summed E-state index contributed by atoms with van der Waals surface area (Å²) in [4.78, 5) is 25.0. The number of amides is 3. The highest BCUT2D eigenvalue weighted by Gasteiger charge is 2.25. The molecule has 0 aromatic heterocycles. The van der Waals surface area contributed by atoms with E-state index in [-0.39, 0.29) is 12.1 Å². The molecule has 0 bridgehead atoms. The van der Waals surface area contributed by atoms with Crippen molar-refractivity contribution in [2.24, 2.45) is 0 Å². The van der Waals surface area contributed by atoms with Crippen molar-refractivity contribution in [1.29, 1.82) is 0 Å². The summed E-state index contributed by atoms with van der Waals surface area (Å²) in [6.07, 6.45) is 0.724. The van der Waals surface area contributed by atoms with Crippen molar-refractivity contribution in [3.63, 3.8) is 0 Å². The molecule has 1 saturated heterocycles. The van der Waals surface area contributed by atoms with E-state index < -0.39 is 23.4 Å². The number of nitrogens with one attached hydrogen (secondary N) is 2. The molecular weight excluding hydrogens is 308 g/mol. The van der Waals surface area contributed by atoms with Gasteiger partial charge in [-0.15, -0.1) is 0 Å². The van der Waals surface area contributed by atoms with Gasteiger partial charge in [0.1, 0.15) is 17.3 Å². The predicted octanol–water partition coefficient (Wildman–Crippen LogP) is 2.71. The molecule has 0 unspecified atom stereocenters. The zero-order chi connectivity index (χ0) is 16.8. The second-order valence-electron chi connectivity index (χ2n) is 5.16. The Hall–Kier alpha value is -2.38. The van der Waals surface area contributed by atoms with Gasteiger partial charge < -0.3 is 20.3 Å². The Labute approximate surface area is 132 Å². The maximum absolute atomic E-state index is 13.5. The second kappa shape index (κ2) is 7.75. The molecule has 126 valence electrons. The summed E-state index contributed by atoms with van der Waals surface area (Å²) in [5.74, 6) is -1.67. The van der Waals surface area contributed by atoms with Crippen molar-refractivity contribution >= 4 is 17.8 Å². The minimum atomic E-state index is -0.836. The van der Waals surface area contributed by atoms with Gasteiger partial charge in [-0.2, -0.15) is 0 Å². The largest absolute Gasteiger partial charge is 0.450 e. The SMILES string of the molecule is CCOC(=O)N1CCC(NC(=O)Nc2c(F)cccc2F)CC1. The van der Waals surface area contributed by atoms with E-state index in [1.165, 1.54) is 6.07 Å². The van der Waals surface area contributed by atoms with Crippen LogP contribution in [0.15, 0.2) is 18.2 Å². The molecule has 0 aliphatic carbocycles. The first-order chi connectivity index (χ1) is 11.0. The van der Waals surface area contributed by atoms with Crippen molar-refractivity contribution in [3.8, 4) is 0 Å². The summed E-state index contributed by atoms with van der Waals surface area (Å²) < 4.78 is 31.8. The number of benzene rings is 1. The lowest BCUT2D eigenvalue weighted by Crippen LogP contribution is -2.47. The number of para-hydroxylation sites is 1. The lowest BCUT2D eigenvalue weighted by atomic mass is 10.1. The minimum Gasteiger partial charge on any atom is -0.450 e. The topological polar surface area (TPSA) is 70.7 Å². The van der Waals surface area contributed by atoms with Crippen molar-refractivity contribution in [1.82, 2.24) is 10.2 Å². The molecule has 0 spiro atoms. The fraction of sp³-hybridized carbons (Fsp3) is 0.467. The van der Waals surface area contributed by atoms with E-state index in [0.717, 1.165) is 12.1 Å². The summed E-state index contributed by atoms with van der Waals surface area (Å²) in [7, 11) is 0. The molecule has 0 atom stereocenters. The van der Waals surface area contributed by atoms with Crippen molar-refractivity contribution in [2.45, 2.75) is 25.8 Å². The molecular formula is C15H19F2N3O3. The predicted molar refractivity (Wildman–Crippen MR) is 80.1 cm³/mol. The van der Waals surface area contributed by atoms with E-state index in [2.05, 4.69) is 10.6 Å². The van der Waals surface area contributed by atoms with Gasteiger partial charge in [0.05, 0.1) is 6.61 Å². The highest BCUT2D eigenvalue weighted by molar-refractivity contribution is 5.89. The fourth-order valence-electron chi connectivity index (χ4n) is 2.37. The van der Waals surface area contributed by atoms with Crippen LogP contribution in [0.25, 0.3) is 0 Å². The first-order valence-corrected chi connectivity index (χ1v) is 7.44. The Morgan fingerprint density at radius 2 is 1.87 bits per heavy atom. The van der Waals surface area contributed by atoms with Crippen LogP contribution in [0.5, 0.6) is 0 Å². The van der Waals surface area contributed by atoms with Gasteiger partial charge >= 0.3 is 12.1 Å². The number of anilines is 1. The number of piperidine rings is 1. The highest BCUT2D eigenvalue weighted by Crippen LogP contribution is 2.18. The molecule has 1 aromatic carbocycles. The molecule has 23 heavy (non-hydrogen) atoms. The van der Waals surface area contributed by atoms with E-state index in [1.54, 1.807) is 11.8 Å². The van der Waals surface area contributed by atoms with Crippen LogP contribution in [0.2, 0.25) is 0 Å². The fourth-order valence-corrected chi connectivity index (χ4v) is 2.37. The van der Waals surface area contributed by atoms with Gasteiger partial charge in [-0.1, -0.05) is 6.07 Å². The van der Waals surface area contributed by atoms with Gasteiger partial charge in [0.2, 0.25) is 0 Å². The third kappa shape index (κ3) is 4.54. The molecule has 8 heteroatoms. The summed E-state index contributed by atoms with van der Waals surface area (Å²) in [6.45, 7) is 2.96. The molecule has 1 aromatic rings. The zero-order valence-corrected chi connectivity index (χ0v) is 12.8. The summed E-state index contributed by atoms with van der Waals surface area (Å²) >= 11 is 0. The molecule has 3 amide bonds. The quantitative estimate of drug-likeness (QED) is 0.897. The smallest absolute Gasteiger partial charge is 0.409 e. The molecule has 1 fully saturated rings. The molecule has 2 rings (SSSR count). The summed E-state index contributed by atoms with van der Waals surface area (Å²) in [5.41, 5.74) is -0.478. The monoisotopic (exact) mass is 327 g/mol. The molecule has 6 nitrogen and oxygen atoms in total. The van der Waals surface area contributed by atoms with E-state index in [4.69, 9.17) is 4.74 Å². The number of rotatable bonds is 3. The Bertz CT molecular complexity index is 555. The summed E-state index contributed by atoms with van der Waals surface area (Å²) in [6, 6.07) is 2.51. The number of halogens is 2. The lowest BCUT2D eigenvalue weighted by Gasteiger charge is -2.31.